The first-order valence-corrected chi connectivity index (χ1v) is 10.7. The van der Waals surface area contributed by atoms with Gasteiger partial charge in [0.15, 0.2) is 0 Å². The topological polar surface area (TPSA) is 111 Å². The Bertz CT molecular complexity index is 627. The maximum absolute atomic E-state index is 12.9. The number of hydrogen-bond donors (Lipinski definition) is 5. The summed E-state index contributed by atoms with van der Waals surface area (Å²) in [5.74, 6) is 1.01. The van der Waals surface area contributed by atoms with Crippen LogP contribution in [0.5, 0.6) is 0 Å². The van der Waals surface area contributed by atoms with Crippen LogP contribution in [0.1, 0.15) is 68.6 Å². The molecule has 8 nitrogen and oxygen atoms in total. The number of aliphatic hydroxyl groups is 1. The lowest BCUT2D eigenvalue weighted by molar-refractivity contribution is 0.0929. The Morgan fingerprint density at radius 3 is 2.64 bits per heavy atom. The molecule has 156 valence electrons. The molecule has 0 aromatic carbocycles. The van der Waals surface area contributed by atoms with Gasteiger partial charge in [-0.1, -0.05) is 13.3 Å². The van der Waals surface area contributed by atoms with Crippen LogP contribution in [0.3, 0.4) is 0 Å². The fourth-order valence-electron chi connectivity index (χ4n) is 3.76. The van der Waals surface area contributed by atoms with Gasteiger partial charge in [0.05, 0.1) is 6.10 Å². The van der Waals surface area contributed by atoms with Gasteiger partial charge in [0.2, 0.25) is 5.95 Å². The molecular weight excluding hydrogens is 356 g/mol. The van der Waals surface area contributed by atoms with Crippen molar-refractivity contribution in [2.45, 2.75) is 76.5 Å². The van der Waals surface area contributed by atoms with Gasteiger partial charge < -0.3 is 26.4 Å². The van der Waals surface area contributed by atoms with E-state index >= 15 is 0 Å². The Kier molecular flexibility index (Phi) is 7.85. The van der Waals surface area contributed by atoms with Crippen molar-refractivity contribution in [1.82, 2.24) is 20.6 Å². The van der Waals surface area contributed by atoms with Gasteiger partial charge >= 0.3 is 0 Å². The van der Waals surface area contributed by atoms with Gasteiger partial charge in [0, 0.05) is 24.8 Å². The molecule has 0 atom stereocenters. The predicted octanol–water partition coefficient (Wildman–Crippen LogP) is 1.89. The quantitative estimate of drug-likeness (QED) is 0.431. The van der Waals surface area contributed by atoms with E-state index in [0.29, 0.717) is 17.3 Å². The summed E-state index contributed by atoms with van der Waals surface area (Å²) in [5.41, 5.74) is 0.491. The highest BCUT2D eigenvalue weighted by Crippen LogP contribution is 2.24. The van der Waals surface area contributed by atoms with Crippen LogP contribution in [0.15, 0.2) is 6.20 Å². The van der Waals surface area contributed by atoms with Crippen molar-refractivity contribution in [1.29, 1.82) is 0 Å². The highest BCUT2D eigenvalue weighted by Gasteiger charge is 2.24. The fourth-order valence-corrected chi connectivity index (χ4v) is 3.76. The number of amides is 1. The Morgan fingerprint density at radius 1 is 1.18 bits per heavy atom. The number of rotatable bonds is 8. The Balaban J connectivity index is 1.71. The number of aromatic nitrogens is 2. The van der Waals surface area contributed by atoms with Gasteiger partial charge in [-0.15, -0.1) is 0 Å². The molecule has 28 heavy (non-hydrogen) atoms. The van der Waals surface area contributed by atoms with Gasteiger partial charge in [-0.2, -0.15) is 4.98 Å². The maximum atomic E-state index is 12.9. The zero-order chi connectivity index (χ0) is 19.8. The van der Waals surface area contributed by atoms with E-state index < -0.39 is 0 Å². The minimum absolute atomic E-state index is 0.120. The van der Waals surface area contributed by atoms with Crippen LogP contribution in [0.25, 0.3) is 0 Å². The standard InChI is InChI=1S/C20H34N6O2/c1-2-3-10-22-20-23-13-17(19(28)25-15-8-11-21-12-9-15)18(26-20)24-14-4-6-16(27)7-5-14/h13-16,21,27H,2-12H2,1H3,(H,25,28)(H2,22,23,24,26)/t14-,16-. The van der Waals surface area contributed by atoms with Crippen LogP contribution < -0.4 is 21.3 Å². The number of aliphatic hydroxyl groups excluding tert-OH is 1. The zero-order valence-corrected chi connectivity index (χ0v) is 16.8. The Labute approximate surface area is 167 Å². The number of unbranched alkanes of at least 4 members (excludes halogenated alkanes) is 1. The average molecular weight is 391 g/mol. The van der Waals surface area contributed by atoms with E-state index in [0.717, 1.165) is 71.0 Å². The smallest absolute Gasteiger partial charge is 0.256 e. The van der Waals surface area contributed by atoms with Crippen molar-refractivity contribution in [3.8, 4) is 0 Å². The molecule has 3 rings (SSSR count). The highest BCUT2D eigenvalue weighted by molar-refractivity contribution is 5.98. The van der Waals surface area contributed by atoms with Crippen molar-refractivity contribution in [2.24, 2.45) is 0 Å². The number of nitrogens with one attached hydrogen (secondary N) is 4. The minimum atomic E-state index is -0.211. The maximum Gasteiger partial charge on any atom is 0.256 e. The Hall–Kier alpha value is -1.93. The van der Waals surface area contributed by atoms with Crippen molar-refractivity contribution >= 4 is 17.7 Å². The third-order valence-electron chi connectivity index (χ3n) is 5.56. The highest BCUT2D eigenvalue weighted by atomic mass is 16.3. The van der Waals surface area contributed by atoms with E-state index in [1.807, 2.05) is 0 Å². The molecule has 1 saturated carbocycles. The summed E-state index contributed by atoms with van der Waals surface area (Å²) in [7, 11) is 0. The number of carbonyl (C=O) groups is 1. The summed E-state index contributed by atoms with van der Waals surface area (Å²) >= 11 is 0. The van der Waals surface area contributed by atoms with Crippen molar-refractivity contribution in [2.75, 3.05) is 30.3 Å². The third kappa shape index (κ3) is 6.04. The molecule has 1 aliphatic carbocycles. The molecule has 2 aliphatic rings. The van der Waals surface area contributed by atoms with Gasteiger partial charge in [0.25, 0.3) is 5.91 Å². The van der Waals surface area contributed by atoms with Crippen molar-refractivity contribution in [3.05, 3.63) is 11.8 Å². The first-order chi connectivity index (χ1) is 13.7. The second kappa shape index (κ2) is 10.6. The average Bonchev–Trinajstić information content (AvgIpc) is 2.71. The van der Waals surface area contributed by atoms with Gasteiger partial charge in [0.1, 0.15) is 11.4 Å². The SMILES string of the molecule is CCCCNc1ncc(C(=O)NC2CCNCC2)c(N[C@H]2CC[C@H](O)CC2)n1. The Morgan fingerprint density at radius 2 is 1.93 bits per heavy atom. The van der Waals surface area contributed by atoms with Crippen molar-refractivity contribution in [3.63, 3.8) is 0 Å². The monoisotopic (exact) mass is 390 g/mol. The minimum Gasteiger partial charge on any atom is -0.393 e. The van der Waals surface area contributed by atoms with E-state index in [1.165, 1.54) is 0 Å². The normalized spacial score (nSPS) is 23.2. The van der Waals surface area contributed by atoms with Crippen LogP contribution in [0.2, 0.25) is 0 Å². The summed E-state index contributed by atoms with van der Waals surface area (Å²) in [6.07, 6.45) is 8.73. The molecule has 5 N–H and O–H groups in total. The van der Waals surface area contributed by atoms with E-state index in [9.17, 15) is 9.90 Å². The summed E-state index contributed by atoms with van der Waals surface area (Å²) in [4.78, 5) is 21.8. The third-order valence-corrected chi connectivity index (χ3v) is 5.56. The number of hydrogen-bond acceptors (Lipinski definition) is 7. The summed E-state index contributed by atoms with van der Waals surface area (Å²) in [5, 5.41) is 22.9. The van der Waals surface area contributed by atoms with Crippen LogP contribution in [0, 0.1) is 0 Å². The molecule has 1 aromatic rings. The summed E-state index contributed by atoms with van der Waals surface area (Å²) in [6.45, 7) is 4.81. The summed E-state index contributed by atoms with van der Waals surface area (Å²) in [6, 6.07) is 0.404. The molecule has 1 saturated heterocycles. The van der Waals surface area contributed by atoms with E-state index in [2.05, 4.69) is 38.2 Å². The number of carbonyl (C=O) groups excluding carboxylic acids is 1. The first kappa shape index (κ1) is 20.8. The second-order valence-electron chi connectivity index (χ2n) is 7.88. The molecule has 2 heterocycles. The van der Waals surface area contributed by atoms with Crippen molar-refractivity contribution < 1.29 is 9.90 Å². The number of piperidine rings is 1. The van der Waals surface area contributed by atoms with E-state index in [-0.39, 0.29) is 24.1 Å². The van der Waals surface area contributed by atoms with Gasteiger partial charge in [-0.05, 0) is 58.0 Å². The lowest BCUT2D eigenvalue weighted by Crippen LogP contribution is -2.43. The zero-order valence-electron chi connectivity index (χ0n) is 16.8. The van der Waals surface area contributed by atoms with Gasteiger partial charge in [-0.25, -0.2) is 4.98 Å². The molecular formula is C20H34N6O2. The lowest BCUT2D eigenvalue weighted by Gasteiger charge is -2.28. The summed E-state index contributed by atoms with van der Waals surface area (Å²) < 4.78 is 0. The van der Waals surface area contributed by atoms with E-state index in [1.54, 1.807) is 6.20 Å². The molecule has 0 bridgehead atoms. The first-order valence-electron chi connectivity index (χ1n) is 10.7. The van der Waals surface area contributed by atoms with Crippen LogP contribution in [-0.4, -0.2) is 58.8 Å². The fraction of sp³-hybridized carbons (Fsp3) is 0.750. The largest absolute Gasteiger partial charge is 0.393 e. The van der Waals surface area contributed by atoms with Crippen LogP contribution in [-0.2, 0) is 0 Å². The molecule has 2 fully saturated rings. The lowest BCUT2D eigenvalue weighted by atomic mass is 9.93. The number of nitrogens with zero attached hydrogens (tertiary/aromatic N) is 2. The molecule has 1 aliphatic heterocycles. The van der Waals surface area contributed by atoms with E-state index in [4.69, 9.17) is 0 Å². The molecule has 1 amide bonds. The second-order valence-corrected chi connectivity index (χ2v) is 7.88. The van der Waals surface area contributed by atoms with Gasteiger partial charge in [-0.3, -0.25) is 4.79 Å². The molecule has 1 aromatic heterocycles. The molecule has 8 heteroatoms. The number of anilines is 2. The molecule has 0 spiro atoms. The predicted molar refractivity (Wildman–Crippen MR) is 111 cm³/mol. The van der Waals surface area contributed by atoms with Crippen LogP contribution in [0.4, 0.5) is 11.8 Å². The molecule has 0 unspecified atom stereocenters. The van der Waals surface area contributed by atoms with Crippen LogP contribution >= 0.6 is 0 Å². The molecule has 0 radical (unpaired) electrons.